The molecule has 0 spiro atoms. The second kappa shape index (κ2) is 3.77. The number of rotatable bonds is 1. The van der Waals surface area contributed by atoms with Crippen LogP contribution in [0, 0.1) is 0 Å². The van der Waals surface area contributed by atoms with Crippen molar-refractivity contribution >= 4 is 23.5 Å². The molecule has 6 heteroatoms. The molecule has 1 amide bonds. The molecule has 0 N–H and O–H groups in total. The van der Waals surface area contributed by atoms with E-state index in [9.17, 15) is 9.59 Å². The van der Waals surface area contributed by atoms with Gasteiger partial charge in [0.2, 0.25) is 6.08 Å². The fraction of sp³-hybridized carbons (Fsp3) is 0.500. The van der Waals surface area contributed by atoms with Gasteiger partial charge < -0.3 is 0 Å². The zero-order chi connectivity index (χ0) is 10.8. The van der Waals surface area contributed by atoms with E-state index >= 15 is 0 Å². The maximum atomic E-state index is 11.3. The van der Waals surface area contributed by atoms with E-state index in [1.165, 1.54) is 6.08 Å². The molecule has 0 radical (unpaired) electrons. The smallest absolute Gasteiger partial charge is 0.265 e. The van der Waals surface area contributed by atoms with Gasteiger partial charge in [0.05, 0.1) is 5.69 Å². The van der Waals surface area contributed by atoms with Crippen LogP contribution >= 0.6 is 11.5 Å². The van der Waals surface area contributed by atoms with Gasteiger partial charge in [-0.2, -0.15) is 0 Å². The van der Waals surface area contributed by atoms with E-state index < -0.39 is 5.91 Å². The van der Waals surface area contributed by atoms with E-state index in [-0.39, 0.29) is 5.41 Å². The van der Waals surface area contributed by atoms with Crippen LogP contribution in [0.4, 0.5) is 0 Å². The lowest BCUT2D eigenvalue weighted by atomic mass is 9.91. The Labute approximate surface area is 85.0 Å². The first-order chi connectivity index (χ1) is 6.46. The van der Waals surface area contributed by atoms with Crippen LogP contribution in [-0.4, -0.2) is 21.6 Å². The normalized spacial score (nSPS) is 10.8. The lowest BCUT2D eigenvalue weighted by molar-refractivity contribution is 0.100. The first-order valence-electron chi connectivity index (χ1n) is 3.92. The van der Waals surface area contributed by atoms with E-state index in [1.54, 1.807) is 0 Å². The highest BCUT2D eigenvalue weighted by atomic mass is 32.1. The van der Waals surface area contributed by atoms with Gasteiger partial charge in [-0.25, -0.2) is 4.79 Å². The molecule has 74 valence electrons. The van der Waals surface area contributed by atoms with Crippen molar-refractivity contribution in [1.82, 2.24) is 9.59 Å². The zero-order valence-electron chi connectivity index (χ0n) is 8.07. The maximum absolute atomic E-state index is 11.3. The molecule has 1 rings (SSSR count). The molecule has 0 atom stereocenters. The first kappa shape index (κ1) is 10.7. The summed E-state index contributed by atoms with van der Waals surface area (Å²) in [6.07, 6.45) is 1.21. The number of isocyanates is 1. The van der Waals surface area contributed by atoms with Gasteiger partial charge in [0, 0.05) is 5.41 Å². The Morgan fingerprint density at radius 1 is 1.50 bits per heavy atom. The predicted molar refractivity (Wildman–Crippen MR) is 51.1 cm³/mol. The lowest BCUT2D eigenvalue weighted by Gasteiger charge is -2.14. The van der Waals surface area contributed by atoms with Gasteiger partial charge in [-0.1, -0.05) is 25.3 Å². The molecule has 5 nitrogen and oxygen atoms in total. The molecule has 0 saturated carbocycles. The second-order valence-electron chi connectivity index (χ2n) is 3.71. The molecule has 0 aliphatic carbocycles. The first-order valence-corrected chi connectivity index (χ1v) is 4.69. The maximum Gasteiger partial charge on any atom is 0.301 e. The number of nitrogens with zero attached hydrogens (tertiary/aromatic N) is 3. The highest BCUT2D eigenvalue weighted by molar-refractivity contribution is 7.08. The van der Waals surface area contributed by atoms with Crippen LogP contribution in [0.3, 0.4) is 0 Å². The number of hydrogen-bond donors (Lipinski definition) is 0. The van der Waals surface area contributed by atoms with Crippen LogP contribution in [0.2, 0.25) is 0 Å². The summed E-state index contributed by atoms with van der Waals surface area (Å²) in [7, 11) is 0. The molecule has 0 aliphatic rings. The molecule has 1 heterocycles. The Hall–Kier alpha value is -1.39. The third-order valence-corrected chi connectivity index (χ3v) is 2.25. The zero-order valence-corrected chi connectivity index (χ0v) is 8.88. The van der Waals surface area contributed by atoms with E-state index in [0.717, 1.165) is 11.5 Å². The molecule has 0 aliphatic heterocycles. The summed E-state index contributed by atoms with van der Waals surface area (Å²) in [5.41, 5.74) is 0.280. The number of hydrogen-bond acceptors (Lipinski definition) is 5. The van der Waals surface area contributed by atoms with Gasteiger partial charge in [0.1, 0.15) is 4.88 Å². The van der Waals surface area contributed by atoms with E-state index in [4.69, 9.17) is 0 Å². The standard InChI is InChI=1S/C8H9N3O2S/c1-8(2,3)6-5(14-11-10-6)7(13)9-4-12/h1-3H3. The molecule has 0 fully saturated rings. The molecule has 14 heavy (non-hydrogen) atoms. The molecule has 1 aromatic rings. The van der Waals surface area contributed by atoms with Gasteiger partial charge in [0.25, 0.3) is 0 Å². The van der Waals surface area contributed by atoms with Crippen molar-refractivity contribution in [3.8, 4) is 0 Å². The minimum atomic E-state index is -0.625. The van der Waals surface area contributed by atoms with Crippen molar-refractivity contribution in [1.29, 1.82) is 0 Å². The number of carbonyl (C=O) groups is 1. The fourth-order valence-corrected chi connectivity index (χ4v) is 1.68. The van der Waals surface area contributed by atoms with Crippen molar-refractivity contribution in [2.45, 2.75) is 26.2 Å². The number of aromatic nitrogens is 2. The third kappa shape index (κ3) is 2.10. The Balaban J connectivity index is 3.17. The van der Waals surface area contributed by atoms with Crippen LogP contribution in [0.15, 0.2) is 4.99 Å². The number of aliphatic imine (C=N–C) groups is 1. The highest BCUT2D eigenvalue weighted by Gasteiger charge is 2.25. The summed E-state index contributed by atoms with van der Waals surface area (Å²) in [6, 6.07) is 0. The summed E-state index contributed by atoms with van der Waals surface area (Å²) in [5, 5.41) is 3.85. The van der Waals surface area contributed by atoms with Crippen LogP contribution < -0.4 is 0 Å². The molecular weight excluding hydrogens is 202 g/mol. The summed E-state index contributed by atoms with van der Waals surface area (Å²) >= 11 is 0.941. The molecule has 0 unspecified atom stereocenters. The lowest BCUT2D eigenvalue weighted by Crippen LogP contribution is -2.15. The third-order valence-electron chi connectivity index (χ3n) is 1.54. The van der Waals surface area contributed by atoms with Crippen molar-refractivity contribution in [2.24, 2.45) is 4.99 Å². The second-order valence-corrected chi connectivity index (χ2v) is 4.46. The van der Waals surface area contributed by atoms with Crippen LogP contribution in [-0.2, 0) is 10.2 Å². The predicted octanol–water partition coefficient (Wildman–Crippen LogP) is 1.31. The molecule has 1 aromatic heterocycles. The largest absolute Gasteiger partial charge is 0.301 e. The van der Waals surface area contributed by atoms with Gasteiger partial charge in [-0.05, 0) is 11.5 Å². The SMILES string of the molecule is CC(C)(C)c1nnsc1C(=O)N=C=O. The number of amides is 1. The summed E-state index contributed by atoms with van der Waals surface area (Å²) in [6.45, 7) is 5.72. The van der Waals surface area contributed by atoms with E-state index in [0.29, 0.717) is 10.6 Å². The Kier molecular flexibility index (Phi) is 2.88. The highest BCUT2D eigenvalue weighted by Crippen LogP contribution is 2.25. The van der Waals surface area contributed by atoms with Crippen molar-refractivity contribution < 1.29 is 9.59 Å². The van der Waals surface area contributed by atoms with Gasteiger partial charge in [0.15, 0.2) is 0 Å². The monoisotopic (exact) mass is 211 g/mol. The molecular formula is C8H9N3O2S. The van der Waals surface area contributed by atoms with Crippen molar-refractivity contribution in [3.63, 3.8) is 0 Å². The molecule has 0 bridgehead atoms. The number of carbonyl (C=O) groups excluding carboxylic acids is 2. The van der Waals surface area contributed by atoms with Crippen LogP contribution in [0.5, 0.6) is 0 Å². The summed E-state index contributed by atoms with van der Waals surface area (Å²) < 4.78 is 3.67. The quantitative estimate of drug-likeness (QED) is 0.518. The van der Waals surface area contributed by atoms with Crippen molar-refractivity contribution in [3.05, 3.63) is 10.6 Å². The van der Waals surface area contributed by atoms with Crippen LogP contribution in [0.1, 0.15) is 36.1 Å². The minimum absolute atomic E-state index is 0.281. The summed E-state index contributed by atoms with van der Waals surface area (Å²) in [5.74, 6) is -0.625. The Morgan fingerprint density at radius 2 is 2.14 bits per heavy atom. The van der Waals surface area contributed by atoms with E-state index in [2.05, 4.69) is 14.6 Å². The average Bonchev–Trinajstić information content (AvgIpc) is 2.50. The topological polar surface area (TPSA) is 72.3 Å². The Morgan fingerprint density at radius 3 is 2.64 bits per heavy atom. The summed E-state index contributed by atoms with van der Waals surface area (Å²) in [4.78, 5) is 24.5. The molecule has 0 saturated heterocycles. The van der Waals surface area contributed by atoms with Crippen LogP contribution in [0.25, 0.3) is 0 Å². The van der Waals surface area contributed by atoms with Gasteiger partial charge >= 0.3 is 5.91 Å². The van der Waals surface area contributed by atoms with Gasteiger partial charge in [-0.3, -0.25) is 4.79 Å². The minimum Gasteiger partial charge on any atom is -0.265 e. The fourth-order valence-electron chi connectivity index (χ4n) is 0.914. The average molecular weight is 211 g/mol. The van der Waals surface area contributed by atoms with Gasteiger partial charge in [-0.15, -0.1) is 10.1 Å². The van der Waals surface area contributed by atoms with E-state index in [1.807, 2.05) is 20.8 Å². The Bertz CT molecular complexity index is 399. The molecule has 0 aromatic carbocycles. The van der Waals surface area contributed by atoms with Crippen molar-refractivity contribution in [2.75, 3.05) is 0 Å².